The molecule has 0 aliphatic rings. The van der Waals surface area contributed by atoms with E-state index in [2.05, 4.69) is 9.97 Å². The van der Waals surface area contributed by atoms with Crippen LogP contribution in [0.1, 0.15) is 17.0 Å². The number of nitro groups is 1. The SMILES string of the molecule is Cc1nc(Cl)c(C)c(Oc2cc([N+](=O)[O-])ccc2C)n1. The van der Waals surface area contributed by atoms with Gasteiger partial charge < -0.3 is 4.74 Å². The summed E-state index contributed by atoms with van der Waals surface area (Å²) in [6, 6.07) is 4.41. The first-order valence-electron chi connectivity index (χ1n) is 5.82. The van der Waals surface area contributed by atoms with Gasteiger partial charge in [0.15, 0.2) is 0 Å². The van der Waals surface area contributed by atoms with Gasteiger partial charge in [-0.15, -0.1) is 0 Å². The van der Waals surface area contributed by atoms with Gasteiger partial charge in [0, 0.05) is 11.6 Å². The van der Waals surface area contributed by atoms with E-state index in [1.54, 1.807) is 26.8 Å². The van der Waals surface area contributed by atoms with Crippen molar-refractivity contribution in [2.75, 3.05) is 0 Å². The number of benzene rings is 1. The minimum atomic E-state index is -0.475. The molecule has 0 atom stereocenters. The van der Waals surface area contributed by atoms with E-state index in [-0.39, 0.29) is 5.69 Å². The van der Waals surface area contributed by atoms with Gasteiger partial charge in [-0.3, -0.25) is 10.1 Å². The Bertz CT molecular complexity index is 689. The topological polar surface area (TPSA) is 78.2 Å². The molecule has 1 aromatic carbocycles. The number of halogens is 1. The number of non-ortho nitro benzene ring substituents is 1. The molecule has 104 valence electrons. The van der Waals surface area contributed by atoms with Crippen LogP contribution in [0.2, 0.25) is 5.15 Å². The van der Waals surface area contributed by atoms with Crippen LogP contribution in [0.3, 0.4) is 0 Å². The lowest BCUT2D eigenvalue weighted by Gasteiger charge is -2.11. The van der Waals surface area contributed by atoms with Gasteiger partial charge in [-0.2, -0.15) is 4.98 Å². The molecule has 0 bridgehead atoms. The maximum atomic E-state index is 10.8. The summed E-state index contributed by atoms with van der Waals surface area (Å²) in [5, 5.41) is 11.1. The van der Waals surface area contributed by atoms with Crippen molar-refractivity contribution < 1.29 is 9.66 Å². The van der Waals surface area contributed by atoms with E-state index in [1.807, 2.05) is 0 Å². The first kappa shape index (κ1) is 14.2. The molecule has 0 radical (unpaired) electrons. The third-order valence-electron chi connectivity index (χ3n) is 2.74. The standard InChI is InChI=1S/C13H12ClN3O3/c1-7-4-5-10(17(18)19)6-11(7)20-13-8(2)12(14)15-9(3)16-13/h4-6H,1-3H3. The van der Waals surface area contributed by atoms with Crippen LogP contribution in [0.5, 0.6) is 11.6 Å². The number of hydrogen-bond acceptors (Lipinski definition) is 5. The number of nitro benzene ring substituents is 1. The highest BCUT2D eigenvalue weighted by Gasteiger charge is 2.14. The van der Waals surface area contributed by atoms with Gasteiger partial charge in [0.05, 0.1) is 11.0 Å². The molecule has 6 nitrogen and oxygen atoms in total. The second-order valence-corrected chi connectivity index (χ2v) is 4.66. The van der Waals surface area contributed by atoms with E-state index in [0.717, 1.165) is 5.56 Å². The van der Waals surface area contributed by atoms with Crippen molar-refractivity contribution >= 4 is 17.3 Å². The number of aryl methyl sites for hydroxylation is 2. The largest absolute Gasteiger partial charge is 0.438 e. The Morgan fingerprint density at radius 2 is 1.95 bits per heavy atom. The van der Waals surface area contributed by atoms with Crippen LogP contribution in [0.15, 0.2) is 18.2 Å². The van der Waals surface area contributed by atoms with Gasteiger partial charge in [0.25, 0.3) is 5.69 Å². The molecular formula is C13H12ClN3O3. The lowest BCUT2D eigenvalue weighted by molar-refractivity contribution is -0.384. The first-order chi connectivity index (χ1) is 9.38. The Balaban J connectivity index is 2.44. The molecule has 2 aromatic rings. The van der Waals surface area contributed by atoms with Gasteiger partial charge in [-0.1, -0.05) is 11.6 Å². The number of rotatable bonds is 3. The van der Waals surface area contributed by atoms with Gasteiger partial charge in [0.1, 0.15) is 16.7 Å². The molecule has 0 saturated heterocycles. The monoisotopic (exact) mass is 293 g/mol. The highest BCUT2D eigenvalue weighted by Crippen LogP contribution is 2.31. The molecule has 2 rings (SSSR count). The summed E-state index contributed by atoms with van der Waals surface area (Å²) in [5.41, 5.74) is 1.31. The first-order valence-corrected chi connectivity index (χ1v) is 6.20. The molecule has 1 aromatic heterocycles. The summed E-state index contributed by atoms with van der Waals surface area (Å²) in [7, 11) is 0. The number of hydrogen-bond donors (Lipinski definition) is 0. The molecule has 0 unspecified atom stereocenters. The molecule has 0 saturated carbocycles. The zero-order valence-corrected chi connectivity index (χ0v) is 11.9. The molecule has 0 aliphatic carbocycles. The van der Waals surface area contributed by atoms with Crippen molar-refractivity contribution in [3.8, 4) is 11.6 Å². The maximum absolute atomic E-state index is 10.8. The van der Waals surface area contributed by atoms with Crippen molar-refractivity contribution in [3.05, 3.63) is 50.4 Å². The van der Waals surface area contributed by atoms with Gasteiger partial charge in [0.2, 0.25) is 5.88 Å². The van der Waals surface area contributed by atoms with Crippen LogP contribution >= 0.6 is 11.6 Å². The Hall–Kier alpha value is -2.21. The summed E-state index contributed by atoms with van der Waals surface area (Å²) in [6.07, 6.45) is 0. The van der Waals surface area contributed by atoms with Crippen LogP contribution in [0.25, 0.3) is 0 Å². The van der Waals surface area contributed by atoms with E-state index in [9.17, 15) is 10.1 Å². The third-order valence-corrected chi connectivity index (χ3v) is 3.11. The quantitative estimate of drug-likeness (QED) is 0.489. The zero-order valence-electron chi connectivity index (χ0n) is 11.2. The van der Waals surface area contributed by atoms with Crippen molar-refractivity contribution in [1.82, 2.24) is 9.97 Å². The highest BCUT2D eigenvalue weighted by molar-refractivity contribution is 6.30. The average Bonchev–Trinajstić information content (AvgIpc) is 2.37. The van der Waals surface area contributed by atoms with Gasteiger partial charge >= 0.3 is 0 Å². The number of nitrogens with zero attached hydrogens (tertiary/aromatic N) is 3. The van der Waals surface area contributed by atoms with Crippen LogP contribution in [0.4, 0.5) is 5.69 Å². The van der Waals surface area contributed by atoms with E-state index in [0.29, 0.717) is 28.2 Å². The zero-order chi connectivity index (χ0) is 14.9. The van der Waals surface area contributed by atoms with Crippen LogP contribution in [-0.4, -0.2) is 14.9 Å². The summed E-state index contributed by atoms with van der Waals surface area (Å²) in [5.74, 6) is 1.14. The van der Waals surface area contributed by atoms with Crippen molar-refractivity contribution in [2.45, 2.75) is 20.8 Å². The molecular weight excluding hydrogens is 282 g/mol. The fourth-order valence-corrected chi connectivity index (χ4v) is 1.79. The van der Waals surface area contributed by atoms with Crippen LogP contribution < -0.4 is 4.74 Å². The molecule has 0 fully saturated rings. The minimum Gasteiger partial charge on any atom is -0.438 e. The molecule has 0 aliphatic heterocycles. The second-order valence-electron chi connectivity index (χ2n) is 4.30. The predicted molar refractivity (Wildman–Crippen MR) is 74.4 cm³/mol. The number of ether oxygens (including phenoxy) is 1. The minimum absolute atomic E-state index is 0.0415. The van der Waals surface area contributed by atoms with Crippen molar-refractivity contribution in [3.63, 3.8) is 0 Å². The van der Waals surface area contributed by atoms with Crippen LogP contribution in [-0.2, 0) is 0 Å². The molecule has 0 spiro atoms. The van der Waals surface area contributed by atoms with Crippen molar-refractivity contribution in [1.29, 1.82) is 0 Å². The Morgan fingerprint density at radius 1 is 1.25 bits per heavy atom. The van der Waals surface area contributed by atoms with E-state index in [1.165, 1.54) is 12.1 Å². The Kier molecular flexibility index (Phi) is 3.85. The third kappa shape index (κ3) is 2.85. The van der Waals surface area contributed by atoms with E-state index < -0.39 is 4.92 Å². The summed E-state index contributed by atoms with van der Waals surface area (Å²) < 4.78 is 5.65. The van der Waals surface area contributed by atoms with E-state index >= 15 is 0 Å². The summed E-state index contributed by atoms with van der Waals surface area (Å²) >= 11 is 5.97. The lowest BCUT2D eigenvalue weighted by atomic mass is 10.2. The Morgan fingerprint density at radius 3 is 2.60 bits per heavy atom. The fourth-order valence-electron chi connectivity index (χ4n) is 1.59. The lowest BCUT2D eigenvalue weighted by Crippen LogP contribution is -1.99. The Labute approximate surface area is 120 Å². The van der Waals surface area contributed by atoms with Crippen LogP contribution in [0, 0.1) is 30.9 Å². The highest BCUT2D eigenvalue weighted by atomic mass is 35.5. The van der Waals surface area contributed by atoms with Gasteiger partial charge in [-0.05, 0) is 32.4 Å². The molecule has 1 heterocycles. The normalized spacial score (nSPS) is 10.4. The average molecular weight is 294 g/mol. The van der Waals surface area contributed by atoms with Gasteiger partial charge in [-0.25, -0.2) is 4.98 Å². The molecule has 0 N–H and O–H groups in total. The van der Waals surface area contributed by atoms with E-state index in [4.69, 9.17) is 16.3 Å². The molecule has 0 amide bonds. The predicted octanol–water partition coefficient (Wildman–Crippen LogP) is 3.76. The second kappa shape index (κ2) is 5.42. The number of aromatic nitrogens is 2. The summed E-state index contributed by atoms with van der Waals surface area (Å²) in [6.45, 7) is 5.21. The smallest absolute Gasteiger partial charge is 0.273 e. The molecule has 7 heteroatoms. The van der Waals surface area contributed by atoms with Crippen molar-refractivity contribution in [2.24, 2.45) is 0 Å². The maximum Gasteiger partial charge on any atom is 0.273 e. The fraction of sp³-hybridized carbons (Fsp3) is 0.231. The molecule has 20 heavy (non-hydrogen) atoms. The summed E-state index contributed by atoms with van der Waals surface area (Å²) in [4.78, 5) is 18.5.